The molecule has 1 heterocycles. The quantitative estimate of drug-likeness (QED) is 0.737. The minimum Gasteiger partial charge on any atom is -0.482 e. The van der Waals surface area contributed by atoms with Crippen molar-refractivity contribution >= 4 is 39.1 Å². The monoisotopic (exact) mass is 395 g/mol. The number of ether oxygens (including phenoxy) is 1. The fourth-order valence-electron chi connectivity index (χ4n) is 2.35. The minimum atomic E-state index is -4.04. The molecule has 1 aliphatic heterocycles. The molecule has 0 radical (unpaired) electrons. The highest BCUT2D eigenvalue weighted by molar-refractivity contribution is 7.89. The Labute approximate surface area is 154 Å². The van der Waals surface area contributed by atoms with Gasteiger partial charge in [0.25, 0.3) is 21.8 Å². The molecule has 3 rings (SSSR count). The van der Waals surface area contributed by atoms with Gasteiger partial charge < -0.3 is 4.74 Å². The maximum atomic E-state index is 12.2. The molecule has 0 bridgehead atoms. The Bertz CT molecular complexity index is 964. The average molecular weight is 396 g/mol. The van der Waals surface area contributed by atoms with E-state index in [1.54, 1.807) is 30.3 Å². The summed E-state index contributed by atoms with van der Waals surface area (Å²) >= 11 is 5.86. The molecule has 0 atom stereocenters. The molecular formula is C16H14ClN3O5S. The summed E-state index contributed by atoms with van der Waals surface area (Å²) < 4.78 is 29.7. The molecule has 0 saturated heterocycles. The van der Waals surface area contributed by atoms with E-state index in [2.05, 4.69) is 5.43 Å². The molecule has 8 nitrogen and oxygen atoms in total. The number of anilines is 1. The molecule has 0 fully saturated rings. The maximum Gasteiger partial charge on any atom is 0.265 e. The third-order valence-electron chi connectivity index (χ3n) is 3.56. The predicted octanol–water partition coefficient (Wildman–Crippen LogP) is 1.08. The smallest absolute Gasteiger partial charge is 0.265 e. The molecule has 0 aromatic heterocycles. The maximum absolute atomic E-state index is 12.2. The first-order valence-electron chi connectivity index (χ1n) is 7.46. The van der Waals surface area contributed by atoms with Gasteiger partial charge in [0.15, 0.2) is 6.61 Å². The van der Waals surface area contributed by atoms with Gasteiger partial charge in [-0.2, -0.15) is 0 Å². The number of carbonyl (C=O) groups excluding carboxylic acids is 2. The van der Waals surface area contributed by atoms with Crippen molar-refractivity contribution in [3.8, 4) is 5.75 Å². The number of nitrogens with zero attached hydrogens (tertiary/aromatic N) is 1. The van der Waals surface area contributed by atoms with Crippen molar-refractivity contribution < 1.29 is 22.7 Å². The van der Waals surface area contributed by atoms with Gasteiger partial charge in [0.1, 0.15) is 17.2 Å². The summed E-state index contributed by atoms with van der Waals surface area (Å²) in [6.07, 6.45) is 0. The van der Waals surface area contributed by atoms with E-state index in [1.807, 2.05) is 4.83 Å². The highest BCUT2D eigenvalue weighted by Gasteiger charge is 2.27. The standard InChI is InChI=1S/C16H14ClN3O5S/c17-11-5-1-4-8-14(11)26(23,24)19-18-15(21)9-20-12-6-2-3-7-13(12)25-10-16(20)22/h1-8,19H,9-10H2,(H,18,21). The van der Waals surface area contributed by atoms with Crippen LogP contribution in [0, 0.1) is 0 Å². The number of hydrazine groups is 1. The van der Waals surface area contributed by atoms with Crippen LogP contribution in [0.1, 0.15) is 0 Å². The number of sulfonamides is 1. The molecule has 10 heteroatoms. The third kappa shape index (κ3) is 3.79. The van der Waals surface area contributed by atoms with Crippen molar-refractivity contribution in [2.24, 2.45) is 0 Å². The zero-order valence-electron chi connectivity index (χ0n) is 13.3. The van der Waals surface area contributed by atoms with Crippen LogP contribution in [0.2, 0.25) is 5.02 Å². The zero-order chi connectivity index (χ0) is 18.7. The predicted molar refractivity (Wildman–Crippen MR) is 94.2 cm³/mol. The Balaban J connectivity index is 1.68. The lowest BCUT2D eigenvalue weighted by atomic mass is 10.2. The molecular weight excluding hydrogens is 382 g/mol. The summed E-state index contributed by atoms with van der Waals surface area (Å²) in [6.45, 7) is -0.570. The van der Waals surface area contributed by atoms with Crippen molar-refractivity contribution in [2.45, 2.75) is 4.90 Å². The second-order valence-electron chi connectivity index (χ2n) is 5.32. The Morgan fingerprint density at radius 3 is 2.62 bits per heavy atom. The van der Waals surface area contributed by atoms with Crippen LogP contribution in [0.5, 0.6) is 5.75 Å². The molecule has 2 amide bonds. The Kier molecular flexibility index (Phi) is 5.12. The van der Waals surface area contributed by atoms with Gasteiger partial charge in [0.2, 0.25) is 0 Å². The van der Waals surface area contributed by atoms with E-state index in [0.29, 0.717) is 11.4 Å². The topological polar surface area (TPSA) is 105 Å². The number of nitrogens with one attached hydrogen (secondary N) is 2. The van der Waals surface area contributed by atoms with Gasteiger partial charge in [-0.15, -0.1) is 4.83 Å². The van der Waals surface area contributed by atoms with Gasteiger partial charge in [-0.05, 0) is 24.3 Å². The van der Waals surface area contributed by atoms with Crippen molar-refractivity contribution in [3.63, 3.8) is 0 Å². The van der Waals surface area contributed by atoms with Gasteiger partial charge in [-0.25, -0.2) is 8.42 Å². The number of halogens is 1. The van der Waals surface area contributed by atoms with E-state index in [4.69, 9.17) is 16.3 Å². The molecule has 0 spiro atoms. The highest BCUT2D eigenvalue weighted by Crippen LogP contribution is 2.31. The summed E-state index contributed by atoms with van der Waals surface area (Å²) in [5, 5.41) is 0.0199. The number of para-hydroxylation sites is 2. The molecule has 1 aliphatic rings. The number of benzene rings is 2. The first-order chi connectivity index (χ1) is 12.4. The minimum absolute atomic E-state index is 0.0199. The molecule has 0 unspecified atom stereocenters. The number of hydrogen-bond acceptors (Lipinski definition) is 5. The van der Waals surface area contributed by atoms with Crippen molar-refractivity contribution in [2.75, 3.05) is 18.1 Å². The van der Waals surface area contributed by atoms with E-state index >= 15 is 0 Å². The zero-order valence-corrected chi connectivity index (χ0v) is 14.9. The van der Waals surface area contributed by atoms with Gasteiger partial charge in [0, 0.05) is 0 Å². The molecule has 136 valence electrons. The molecule has 26 heavy (non-hydrogen) atoms. The van der Waals surface area contributed by atoms with E-state index in [9.17, 15) is 18.0 Å². The number of fused-ring (bicyclic) bond motifs is 1. The average Bonchev–Trinajstić information content (AvgIpc) is 2.63. The second-order valence-corrected chi connectivity index (χ2v) is 7.38. The van der Waals surface area contributed by atoms with E-state index < -0.39 is 21.8 Å². The number of carbonyl (C=O) groups is 2. The summed E-state index contributed by atoms with van der Waals surface area (Å²) in [7, 11) is -4.04. The molecule has 0 aliphatic carbocycles. The van der Waals surface area contributed by atoms with Crippen LogP contribution in [0.25, 0.3) is 0 Å². The van der Waals surface area contributed by atoms with E-state index in [-0.39, 0.29) is 23.1 Å². The Morgan fingerprint density at radius 1 is 1.15 bits per heavy atom. The van der Waals surface area contributed by atoms with Crippen LogP contribution in [-0.4, -0.2) is 33.4 Å². The summed E-state index contributed by atoms with van der Waals surface area (Å²) in [5.41, 5.74) is 2.51. The van der Waals surface area contributed by atoms with E-state index in [1.165, 1.54) is 23.1 Å². The lowest BCUT2D eigenvalue weighted by Gasteiger charge is -2.28. The van der Waals surface area contributed by atoms with Crippen molar-refractivity contribution in [1.82, 2.24) is 10.3 Å². The SMILES string of the molecule is O=C(CN1C(=O)COc2ccccc21)NNS(=O)(=O)c1ccccc1Cl. The summed E-state index contributed by atoms with van der Waals surface area (Å²) in [4.78, 5) is 27.2. The highest BCUT2D eigenvalue weighted by atomic mass is 35.5. The first-order valence-corrected chi connectivity index (χ1v) is 9.32. The van der Waals surface area contributed by atoms with Gasteiger partial charge in [-0.3, -0.25) is 19.9 Å². The van der Waals surface area contributed by atoms with Crippen LogP contribution in [-0.2, 0) is 19.6 Å². The van der Waals surface area contributed by atoms with Gasteiger partial charge >= 0.3 is 0 Å². The lowest BCUT2D eigenvalue weighted by molar-refractivity contribution is -0.125. The number of amides is 2. The third-order valence-corrected chi connectivity index (χ3v) is 5.31. The summed E-state index contributed by atoms with van der Waals surface area (Å²) in [6, 6.07) is 12.6. The molecule has 2 N–H and O–H groups in total. The van der Waals surface area contributed by atoms with Crippen LogP contribution < -0.4 is 19.9 Å². The van der Waals surface area contributed by atoms with Gasteiger partial charge in [-0.1, -0.05) is 35.9 Å². The van der Waals surface area contributed by atoms with E-state index in [0.717, 1.165) is 0 Å². The number of hydrogen-bond donors (Lipinski definition) is 2. The van der Waals surface area contributed by atoms with Crippen molar-refractivity contribution in [1.29, 1.82) is 0 Å². The lowest BCUT2D eigenvalue weighted by Crippen LogP contribution is -2.49. The Morgan fingerprint density at radius 2 is 1.85 bits per heavy atom. The Hall–Kier alpha value is -2.62. The van der Waals surface area contributed by atoms with Gasteiger partial charge in [0.05, 0.1) is 10.7 Å². The molecule has 0 saturated carbocycles. The fourth-order valence-corrected chi connectivity index (χ4v) is 3.73. The van der Waals surface area contributed by atoms with Crippen molar-refractivity contribution in [3.05, 3.63) is 53.6 Å². The second kappa shape index (κ2) is 7.32. The van der Waals surface area contributed by atoms with Crippen LogP contribution in [0.15, 0.2) is 53.4 Å². The fraction of sp³-hybridized carbons (Fsp3) is 0.125. The first kappa shape index (κ1) is 18.2. The van der Waals surface area contributed by atoms with Crippen LogP contribution in [0.4, 0.5) is 5.69 Å². The largest absolute Gasteiger partial charge is 0.482 e. The number of rotatable bonds is 5. The summed E-state index contributed by atoms with van der Waals surface area (Å²) in [5.74, 6) is -0.657. The molecule has 2 aromatic rings. The normalized spacial score (nSPS) is 13.7. The van der Waals surface area contributed by atoms with Crippen LogP contribution in [0.3, 0.4) is 0 Å². The van der Waals surface area contributed by atoms with Crippen LogP contribution >= 0.6 is 11.6 Å². The molecule has 2 aromatic carbocycles.